The summed E-state index contributed by atoms with van der Waals surface area (Å²) in [5.41, 5.74) is 2.73. The molecular weight excluding hydrogens is 398 g/mol. The Bertz CT molecular complexity index is 976. The minimum atomic E-state index is -1.63. The van der Waals surface area contributed by atoms with Crippen LogP contribution in [0.25, 0.3) is 11.1 Å². The normalized spacial score (nSPS) is 10.1. The molecule has 25 heavy (non-hydrogen) atoms. The second kappa shape index (κ2) is 7.06. The van der Waals surface area contributed by atoms with E-state index in [-0.39, 0.29) is 17.9 Å². The van der Waals surface area contributed by atoms with Gasteiger partial charge in [0.05, 0.1) is 0 Å². The average molecular weight is 408 g/mol. The van der Waals surface area contributed by atoms with Gasteiger partial charge in [0, 0.05) is 15.6 Å². The fourth-order valence-corrected chi connectivity index (χ4v) is 2.61. The highest BCUT2D eigenvalue weighted by Gasteiger charge is 2.28. The third kappa shape index (κ3) is 3.46. The van der Waals surface area contributed by atoms with Crippen LogP contribution in [-0.2, 0) is 0 Å². The van der Waals surface area contributed by atoms with Gasteiger partial charge >= 0.3 is 11.9 Å². The first-order valence-corrected chi connectivity index (χ1v) is 7.39. The van der Waals surface area contributed by atoms with Gasteiger partial charge in [0.25, 0.3) is 5.56 Å². The van der Waals surface area contributed by atoms with Crippen molar-refractivity contribution >= 4 is 33.7 Å². The number of carbonyl (C=O) groups is 2. The number of rotatable bonds is 5. The van der Waals surface area contributed by atoms with Crippen molar-refractivity contribution in [1.29, 1.82) is 5.26 Å². The minimum absolute atomic E-state index is 0.00257. The number of carboxylic acids is 2. The lowest BCUT2D eigenvalue weighted by Crippen LogP contribution is -2.24. The summed E-state index contributed by atoms with van der Waals surface area (Å²) in [6, 6.07) is 6.08. The number of aromatic amines is 1. The number of pyridine rings is 1. The molecule has 0 fully saturated rings. The SMILES string of the molecule is N#CCOc1ccc(Br)cc1-c1c(C(=O)O)c(N)[nH]c(=O)c1C(=O)O. The van der Waals surface area contributed by atoms with Crippen molar-refractivity contribution < 1.29 is 24.5 Å². The topological polar surface area (TPSA) is 166 Å². The molecule has 1 aromatic carbocycles. The smallest absolute Gasteiger partial charge is 0.342 e. The number of nitrogens with one attached hydrogen (secondary N) is 1. The highest BCUT2D eigenvalue weighted by molar-refractivity contribution is 9.10. The van der Waals surface area contributed by atoms with Crippen molar-refractivity contribution in [3.8, 4) is 22.9 Å². The molecule has 0 spiro atoms. The lowest BCUT2D eigenvalue weighted by atomic mass is 9.94. The molecule has 0 saturated heterocycles. The van der Waals surface area contributed by atoms with Gasteiger partial charge in [-0.1, -0.05) is 15.9 Å². The lowest BCUT2D eigenvalue weighted by Gasteiger charge is -2.15. The predicted molar refractivity (Wildman–Crippen MR) is 89.6 cm³/mol. The number of benzene rings is 1. The lowest BCUT2D eigenvalue weighted by molar-refractivity contribution is 0.0695. The minimum Gasteiger partial charge on any atom is -0.478 e. The molecule has 9 nitrogen and oxygen atoms in total. The second-order valence-corrected chi connectivity index (χ2v) is 5.61. The third-order valence-electron chi connectivity index (χ3n) is 3.18. The number of nitrogens with two attached hydrogens (primary N) is 1. The zero-order valence-electron chi connectivity index (χ0n) is 12.4. The van der Waals surface area contributed by atoms with E-state index in [2.05, 4.69) is 15.9 Å². The molecule has 0 saturated carbocycles. The Hall–Kier alpha value is -3.32. The molecule has 0 atom stereocenters. The van der Waals surface area contributed by atoms with E-state index in [1.807, 2.05) is 4.98 Å². The zero-order chi connectivity index (χ0) is 18.7. The first-order valence-electron chi connectivity index (χ1n) is 6.60. The van der Waals surface area contributed by atoms with Crippen LogP contribution >= 0.6 is 15.9 Å². The number of carboxylic acid groups (broad SMARTS) is 2. The predicted octanol–water partition coefficient (Wildman–Crippen LogP) is 1.69. The quantitative estimate of drug-likeness (QED) is 0.580. The van der Waals surface area contributed by atoms with E-state index in [9.17, 15) is 24.6 Å². The van der Waals surface area contributed by atoms with Crippen LogP contribution < -0.4 is 16.0 Å². The number of aromatic nitrogens is 1. The van der Waals surface area contributed by atoms with E-state index in [0.717, 1.165) is 0 Å². The Morgan fingerprint density at radius 2 is 1.92 bits per heavy atom. The van der Waals surface area contributed by atoms with Crippen LogP contribution in [0.5, 0.6) is 5.75 Å². The molecule has 0 aliphatic rings. The number of nitriles is 1. The maximum Gasteiger partial charge on any atom is 0.342 e. The van der Waals surface area contributed by atoms with Crippen molar-refractivity contribution in [2.45, 2.75) is 0 Å². The number of H-pyrrole nitrogens is 1. The summed E-state index contributed by atoms with van der Waals surface area (Å²) in [5.74, 6) is -3.63. The Labute approximate surface area is 148 Å². The zero-order valence-corrected chi connectivity index (χ0v) is 14.0. The third-order valence-corrected chi connectivity index (χ3v) is 3.67. The van der Waals surface area contributed by atoms with Crippen LogP contribution in [0.4, 0.5) is 5.82 Å². The molecule has 0 unspecified atom stereocenters. The van der Waals surface area contributed by atoms with Crippen LogP contribution in [0.2, 0.25) is 0 Å². The largest absolute Gasteiger partial charge is 0.478 e. The maximum absolute atomic E-state index is 12.0. The van der Waals surface area contributed by atoms with Crippen molar-refractivity contribution in [2.75, 3.05) is 12.3 Å². The molecule has 5 N–H and O–H groups in total. The molecule has 10 heteroatoms. The summed E-state index contributed by atoms with van der Waals surface area (Å²) >= 11 is 3.19. The van der Waals surface area contributed by atoms with Crippen LogP contribution in [0.1, 0.15) is 20.7 Å². The number of aromatic carboxylic acids is 2. The Morgan fingerprint density at radius 3 is 2.48 bits per heavy atom. The Morgan fingerprint density at radius 1 is 1.28 bits per heavy atom. The van der Waals surface area contributed by atoms with E-state index < -0.39 is 40.0 Å². The van der Waals surface area contributed by atoms with E-state index in [1.54, 1.807) is 12.1 Å². The number of anilines is 1. The van der Waals surface area contributed by atoms with E-state index in [0.29, 0.717) is 4.47 Å². The van der Waals surface area contributed by atoms with E-state index >= 15 is 0 Å². The van der Waals surface area contributed by atoms with Crippen molar-refractivity contribution in [2.24, 2.45) is 0 Å². The first-order chi connectivity index (χ1) is 11.8. The Balaban J connectivity index is 2.98. The number of nitrogens with zero attached hydrogens (tertiary/aromatic N) is 1. The van der Waals surface area contributed by atoms with Crippen LogP contribution in [0, 0.1) is 11.3 Å². The number of ether oxygens (including phenoxy) is 1. The number of hydrogen-bond acceptors (Lipinski definition) is 6. The Kier molecular flexibility index (Phi) is 5.09. The fraction of sp³-hybridized carbons (Fsp3) is 0.0667. The molecule has 128 valence electrons. The second-order valence-electron chi connectivity index (χ2n) is 4.69. The molecule has 0 aliphatic heterocycles. The van der Waals surface area contributed by atoms with Crippen LogP contribution in [0.3, 0.4) is 0 Å². The fourth-order valence-electron chi connectivity index (χ4n) is 2.25. The van der Waals surface area contributed by atoms with Crippen molar-refractivity contribution in [1.82, 2.24) is 4.98 Å². The van der Waals surface area contributed by atoms with Gasteiger partial charge in [-0.25, -0.2) is 9.59 Å². The molecule has 0 bridgehead atoms. The van der Waals surface area contributed by atoms with Gasteiger partial charge in [-0.05, 0) is 18.2 Å². The van der Waals surface area contributed by atoms with Gasteiger partial charge in [0.2, 0.25) is 0 Å². The van der Waals surface area contributed by atoms with Gasteiger partial charge in [-0.3, -0.25) is 4.79 Å². The van der Waals surface area contributed by atoms with Crippen LogP contribution in [-0.4, -0.2) is 33.7 Å². The monoisotopic (exact) mass is 407 g/mol. The molecule has 2 rings (SSSR count). The molecule has 0 radical (unpaired) electrons. The van der Waals surface area contributed by atoms with Gasteiger partial charge in [0.1, 0.15) is 28.8 Å². The van der Waals surface area contributed by atoms with Gasteiger partial charge < -0.3 is 25.7 Å². The van der Waals surface area contributed by atoms with E-state index in [1.165, 1.54) is 12.1 Å². The summed E-state index contributed by atoms with van der Waals surface area (Å²) in [6.07, 6.45) is 0. The number of nitrogen functional groups attached to an aromatic ring is 1. The molecule has 0 amide bonds. The van der Waals surface area contributed by atoms with Gasteiger partial charge in [-0.15, -0.1) is 0 Å². The summed E-state index contributed by atoms with van der Waals surface area (Å²) < 4.78 is 5.69. The highest BCUT2D eigenvalue weighted by Crippen LogP contribution is 2.37. The van der Waals surface area contributed by atoms with Gasteiger partial charge in [0.15, 0.2) is 6.61 Å². The standard InChI is InChI=1S/C15H10BrN3O6/c16-6-1-2-8(25-4-3-17)7(5-6)9-10(14(21)22)12(18)19-13(20)11(9)15(23)24/h1-2,5H,4H2,(H,21,22)(H,23,24)(H3,18,19,20). The van der Waals surface area contributed by atoms with Crippen molar-refractivity contribution in [3.63, 3.8) is 0 Å². The summed E-state index contributed by atoms with van der Waals surface area (Å²) in [5, 5.41) is 27.5. The first kappa shape index (κ1) is 18.0. The average Bonchev–Trinajstić information content (AvgIpc) is 2.51. The van der Waals surface area contributed by atoms with E-state index in [4.69, 9.17) is 15.7 Å². The molecular formula is C15H10BrN3O6. The van der Waals surface area contributed by atoms with Gasteiger partial charge in [-0.2, -0.15) is 5.26 Å². The highest BCUT2D eigenvalue weighted by atomic mass is 79.9. The molecule has 2 aromatic rings. The number of hydrogen-bond donors (Lipinski definition) is 4. The van der Waals surface area contributed by atoms with Crippen molar-refractivity contribution in [3.05, 3.63) is 44.2 Å². The molecule has 1 aromatic heterocycles. The number of halogens is 1. The van der Waals surface area contributed by atoms with Crippen LogP contribution in [0.15, 0.2) is 27.5 Å². The molecule has 1 heterocycles. The summed E-state index contributed by atoms with van der Waals surface area (Å²) in [6.45, 7) is -0.363. The summed E-state index contributed by atoms with van der Waals surface area (Å²) in [7, 11) is 0. The summed E-state index contributed by atoms with van der Waals surface area (Å²) in [4.78, 5) is 37.2. The maximum atomic E-state index is 12.0. The molecule has 0 aliphatic carbocycles.